The second-order valence-electron chi connectivity index (χ2n) is 7.28. The molecule has 0 unspecified atom stereocenters. The summed E-state index contributed by atoms with van der Waals surface area (Å²) in [4.78, 5) is 4.82. The molecule has 0 radical (unpaired) electrons. The number of halogens is 1. The van der Waals surface area contributed by atoms with Gasteiger partial charge in [-0.1, -0.05) is 18.2 Å². The average Bonchev–Trinajstić information content (AvgIpc) is 2.96. The minimum absolute atomic E-state index is 0.177. The van der Waals surface area contributed by atoms with Crippen LogP contribution in [0.15, 0.2) is 42.6 Å². The van der Waals surface area contributed by atoms with Gasteiger partial charge in [0.1, 0.15) is 11.6 Å². The van der Waals surface area contributed by atoms with Crippen molar-refractivity contribution in [1.29, 1.82) is 0 Å². The number of fused-ring (bicyclic) bond motifs is 2. The molecule has 5 nitrogen and oxygen atoms in total. The van der Waals surface area contributed by atoms with Gasteiger partial charge in [0, 0.05) is 34.8 Å². The molecule has 2 heterocycles. The van der Waals surface area contributed by atoms with Gasteiger partial charge in [-0.15, -0.1) is 0 Å². The fraction of sp³-hybridized carbons (Fsp3) is 0.227. The number of nitrogen functional groups attached to an aromatic ring is 1. The van der Waals surface area contributed by atoms with Crippen molar-refractivity contribution in [3.63, 3.8) is 0 Å². The first-order valence-corrected chi connectivity index (χ1v) is 9.34. The van der Waals surface area contributed by atoms with E-state index in [1.807, 2.05) is 29.0 Å². The lowest BCUT2D eigenvalue weighted by Gasteiger charge is -2.27. The van der Waals surface area contributed by atoms with Crippen molar-refractivity contribution in [1.82, 2.24) is 9.55 Å². The Morgan fingerprint density at radius 2 is 2.04 bits per heavy atom. The van der Waals surface area contributed by atoms with Crippen molar-refractivity contribution in [2.75, 3.05) is 12.8 Å². The molecule has 5 rings (SSSR count). The van der Waals surface area contributed by atoms with Crippen LogP contribution in [0, 0.1) is 5.82 Å². The summed E-state index contributed by atoms with van der Waals surface area (Å²) in [5, 5.41) is 12.1. The molecular weight excluding hydrogens is 357 g/mol. The van der Waals surface area contributed by atoms with Gasteiger partial charge in [0.2, 0.25) is 5.88 Å². The zero-order valence-electron chi connectivity index (χ0n) is 15.4. The molecule has 0 aliphatic heterocycles. The van der Waals surface area contributed by atoms with Crippen molar-refractivity contribution >= 4 is 27.5 Å². The fourth-order valence-electron chi connectivity index (χ4n) is 4.03. The Hall–Kier alpha value is -3.28. The van der Waals surface area contributed by atoms with Gasteiger partial charge >= 0.3 is 0 Å². The normalized spacial score (nSPS) is 14.5. The van der Waals surface area contributed by atoms with Crippen LogP contribution in [0.3, 0.4) is 0 Å². The topological polar surface area (TPSA) is 73.3 Å². The summed E-state index contributed by atoms with van der Waals surface area (Å²) >= 11 is 0. The number of aromatic nitrogens is 2. The maximum absolute atomic E-state index is 13.7. The van der Waals surface area contributed by atoms with Crippen LogP contribution >= 0.6 is 0 Å². The van der Waals surface area contributed by atoms with Crippen molar-refractivity contribution in [2.24, 2.45) is 0 Å². The first kappa shape index (κ1) is 16.9. The third kappa shape index (κ3) is 2.34. The zero-order chi connectivity index (χ0) is 19.4. The number of hydrogen-bond donors (Lipinski definition) is 2. The van der Waals surface area contributed by atoms with Crippen molar-refractivity contribution in [3.05, 3.63) is 48.4 Å². The Morgan fingerprint density at radius 1 is 1.21 bits per heavy atom. The Balaban J connectivity index is 1.81. The number of rotatable bonds is 3. The highest BCUT2D eigenvalue weighted by Gasteiger charge is 2.25. The third-order valence-electron chi connectivity index (χ3n) is 5.74. The van der Waals surface area contributed by atoms with Gasteiger partial charge in [-0.2, -0.15) is 0 Å². The molecule has 28 heavy (non-hydrogen) atoms. The highest BCUT2D eigenvalue weighted by molar-refractivity contribution is 6.12. The van der Waals surface area contributed by atoms with E-state index in [1.54, 1.807) is 6.07 Å². The lowest BCUT2D eigenvalue weighted by molar-refractivity contribution is 0.283. The number of hydrogen-bond acceptors (Lipinski definition) is 4. The van der Waals surface area contributed by atoms with E-state index in [0.717, 1.165) is 35.8 Å². The number of ether oxygens (including phenoxy) is 1. The van der Waals surface area contributed by atoms with E-state index in [-0.39, 0.29) is 11.7 Å². The predicted molar refractivity (Wildman–Crippen MR) is 108 cm³/mol. The number of benzene rings is 2. The molecule has 1 aliphatic rings. The minimum Gasteiger partial charge on any atom is -0.496 e. The molecule has 0 atom stereocenters. The number of methoxy groups -OCH3 is 1. The highest BCUT2D eigenvalue weighted by atomic mass is 19.1. The molecule has 1 fully saturated rings. The summed E-state index contributed by atoms with van der Waals surface area (Å²) < 4.78 is 20.9. The summed E-state index contributed by atoms with van der Waals surface area (Å²) in [5.74, 6) is 0.248. The average molecular weight is 377 g/mol. The number of para-hydroxylation sites is 1. The van der Waals surface area contributed by atoms with Crippen LogP contribution in [0.5, 0.6) is 11.6 Å². The van der Waals surface area contributed by atoms with Crippen LogP contribution < -0.4 is 10.5 Å². The van der Waals surface area contributed by atoms with Gasteiger partial charge in [0.05, 0.1) is 29.2 Å². The van der Waals surface area contributed by atoms with Gasteiger partial charge in [-0.3, -0.25) is 0 Å². The molecule has 142 valence electrons. The monoisotopic (exact) mass is 377 g/mol. The Bertz CT molecular complexity index is 1230. The van der Waals surface area contributed by atoms with Crippen LogP contribution in [0.1, 0.15) is 25.3 Å². The molecule has 2 aromatic heterocycles. The Morgan fingerprint density at radius 3 is 2.75 bits per heavy atom. The molecule has 0 amide bonds. The molecule has 0 spiro atoms. The molecule has 3 N–H and O–H groups in total. The largest absolute Gasteiger partial charge is 0.496 e. The molecular formula is C22H20FN3O2. The minimum atomic E-state index is -0.363. The molecule has 1 saturated carbocycles. The number of aromatic hydroxyl groups is 1. The Kier molecular flexibility index (Phi) is 3.69. The van der Waals surface area contributed by atoms with Crippen LogP contribution in [0.2, 0.25) is 0 Å². The predicted octanol–water partition coefficient (Wildman–Crippen LogP) is 5.02. The third-order valence-corrected chi connectivity index (χ3v) is 5.74. The standard InChI is InChI=1S/C22H20FN3O2/c1-28-18-10-12(23)8-9-14(18)15-6-3-7-16-20(24)19-17(25-21(15)16)11-26(22(19)27)13-4-2-5-13/h3,6-11,13,27H,2,4-5,24H2,1H3. The van der Waals surface area contributed by atoms with Gasteiger partial charge in [0.15, 0.2) is 0 Å². The number of anilines is 1. The molecule has 0 bridgehead atoms. The van der Waals surface area contributed by atoms with Gasteiger partial charge in [-0.25, -0.2) is 9.37 Å². The summed E-state index contributed by atoms with van der Waals surface area (Å²) in [6, 6.07) is 10.4. The SMILES string of the molecule is COc1cc(F)ccc1-c1cccc2c(N)c3c(O)n(C4CCC4)cc3nc12. The van der Waals surface area contributed by atoms with E-state index in [4.69, 9.17) is 15.5 Å². The molecule has 2 aromatic carbocycles. The van der Waals surface area contributed by atoms with Crippen LogP contribution in [-0.4, -0.2) is 21.8 Å². The molecule has 6 heteroatoms. The molecule has 4 aromatic rings. The van der Waals surface area contributed by atoms with Gasteiger partial charge in [0.25, 0.3) is 0 Å². The maximum atomic E-state index is 13.7. The van der Waals surface area contributed by atoms with Crippen LogP contribution in [-0.2, 0) is 0 Å². The second-order valence-corrected chi connectivity index (χ2v) is 7.28. The van der Waals surface area contributed by atoms with Crippen LogP contribution in [0.4, 0.5) is 10.1 Å². The van der Waals surface area contributed by atoms with E-state index >= 15 is 0 Å². The lowest BCUT2D eigenvalue weighted by atomic mass is 9.93. The second kappa shape index (κ2) is 6.12. The number of nitrogens with zero attached hydrogens (tertiary/aromatic N) is 2. The summed E-state index contributed by atoms with van der Waals surface area (Å²) in [6.07, 6.45) is 5.14. The smallest absolute Gasteiger partial charge is 0.203 e. The quantitative estimate of drug-likeness (QED) is 0.526. The fourth-order valence-corrected chi connectivity index (χ4v) is 4.03. The van der Waals surface area contributed by atoms with Crippen molar-refractivity contribution in [2.45, 2.75) is 25.3 Å². The van der Waals surface area contributed by atoms with E-state index < -0.39 is 0 Å². The number of pyridine rings is 1. The summed E-state index contributed by atoms with van der Waals surface area (Å²) in [6.45, 7) is 0. The van der Waals surface area contributed by atoms with Gasteiger partial charge < -0.3 is 20.1 Å². The lowest BCUT2D eigenvalue weighted by Crippen LogP contribution is -2.15. The summed E-state index contributed by atoms with van der Waals surface area (Å²) in [5.41, 5.74) is 9.86. The molecule has 0 saturated heterocycles. The van der Waals surface area contributed by atoms with E-state index in [0.29, 0.717) is 33.9 Å². The zero-order valence-corrected chi connectivity index (χ0v) is 15.4. The van der Waals surface area contributed by atoms with Crippen molar-refractivity contribution in [3.8, 4) is 22.8 Å². The van der Waals surface area contributed by atoms with E-state index in [1.165, 1.54) is 19.2 Å². The van der Waals surface area contributed by atoms with Gasteiger partial charge in [-0.05, 0) is 31.4 Å². The Labute approximate surface area is 161 Å². The van der Waals surface area contributed by atoms with E-state index in [2.05, 4.69) is 0 Å². The first-order chi connectivity index (χ1) is 13.6. The van der Waals surface area contributed by atoms with Crippen LogP contribution in [0.25, 0.3) is 32.9 Å². The molecule has 1 aliphatic carbocycles. The summed E-state index contributed by atoms with van der Waals surface area (Å²) in [7, 11) is 1.51. The van der Waals surface area contributed by atoms with E-state index in [9.17, 15) is 9.50 Å². The highest BCUT2D eigenvalue weighted by Crippen LogP contribution is 2.44. The maximum Gasteiger partial charge on any atom is 0.203 e. The first-order valence-electron chi connectivity index (χ1n) is 9.34. The number of nitrogens with two attached hydrogens (primary N) is 1. The van der Waals surface area contributed by atoms with Crippen molar-refractivity contribution < 1.29 is 14.2 Å².